The van der Waals surface area contributed by atoms with Gasteiger partial charge in [-0.15, -0.1) is 0 Å². The van der Waals surface area contributed by atoms with Crippen LogP contribution in [0.15, 0.2) is 72.9 Å². The van der Waals surface area contributed by atoms with Gasteiger partial charge in [-0.25, -0.2) is 0 Å². The van der Waals surface area contributed by atoms with Gasteiger partial charge in [0.2, 0.25) is 5.91 Å². The molecule has 1 fully saturated rings. The first-order chi connectivity index (χ1) is 13.6. The van der Waals surface area contributed by atoms with Crippen molar-refractivity contribution in [1.29, 1.82) is 0 Å². The maximum Gasteiger partial charge on any atom is 0.271 e. The maximum absolute atomic E-state index is 13.4. The lowest BCUT2D eigenvalue weighted by molar-refractivity contribution is -0.121. The van der Waals surface area contributed by atoms with Crippen LogP contribution < -0.4 is 5.32 Å². The molecule has 1 spiro atoms. The fraction of sp³-hybridized carbons (Fsp3) is 0.217. The second-order valence-corrected chi connectivity index (χ2v) is 7.54. The molecule has 0 radical (unpaired) electrons. The number of nitrogens with one attached hydrogen (secondary N) is 1. The van der Waals surface area contributed by atoms with Gasteiger partial charge in [0, 0.05) is 25.5 Å². The molecule has 5 nitrogen and oxygen atoms in total. The number of aryl methyl sites for hydroxylation is 1. The molecule has 5 rings (SSSR count). The van der Waals surface area contributed by atoms with Crippen LogP contribution in [0.25, 0.3) is 0 Å². The van der Waals surface area contributed by atoms with Gasteiger partial charge < -0.3 is 14.8 Å². The Kier molecular flexibility index (Phi) is 3.66. The minimum atomic E-state index is -0.765. The monoisotopic (exact) mass is 371 g/mol. The smallest absolute Gasteiger partial charge is 0.271 e. The third kappa shape index (κ3) is 2.19. The number of fused-ring (bicyclic) bond motifs is 2. The number of likely N-dealkylation sites (tertiary alicyclic amines) is 1. The number of carbonyl (C=O) groups is 2. The Morgan fingerprint density at radius 3 is 2.54 bits per heavy atom. The molecule has 0 bridgehead atoms. The van der Waals surface area contributed by atoms with Crippen LogP contribution in [0.4, 0.5) is 5.69 Å². The summed E-state index contributed by atoms with van der Waals surface area (Å²) in [6.07, 6.45) is 2.47. The lowest BCUT2D eigenvalue weighted by Gasteiger charge is -2.34. The zero-order valence-corrected chi connectivity index (χ0v) is 15.6. The molecule has 2 atom stereocenters. The van der Waals surface area contributed by atoms with Crippen LogP contribution in [0.1, 0.15) is 34.1 Å². The highest BCUT2D eigenvalue weighted by Gasteiger charge is 2.59. The summed E-state index contributed by atoms with van der Waals surface area (Å²) in [7, 11) is 1.87. The standard InChI is InChI=1S/C23H21N3O2/c1-25-14-7-12-19(25)21(27)26-15-13-23(20(26)16-8-3-2-4-9-16)17-10-5-6-11-18(17)24-22(23)28/h2-12,14,20H,13,15H2,1H3,(H,24,28). The molecule has 2 aromatic carbocycles. The van der Waals surface area contributed by atoms with E-state index in [0.717, 1.165) is 16.8 Å². The quantitative estimate of drug-likeness (QED) is 0.750. The minimum absolute atomic E-state index is 0.0234. The van der Waals surface area contributed by atoms with E-state index in [0.29, 0.717) is 18.7 Å². The molecule has 3 aromatic rings. The molecule has 2 aliphatic rings. The van der Waals surface area contributed by atoms with E-state index in [9.17, 15) is 9.59 Å². The van der Waals surface area contributed by atoms with Crippen molar-refractivity contribution in [3.05, 3.63) is 89.7 Å². The molecule has 2 aliphatic heterocycles. The highest BCUT2D eigenvalue weighted by Crippen LogP contribution is 2.54. The Bertz CT molecular complexity index is 1070. The minimum Gasteiger partial charge on any atom is -0.347 e. The average molecular weight is 371 g/mol. The second-order valence-electron chi connectivity index (χ2n) is 7.54. The number of amides is 2. The molecule has 1 aromatic heterocycles. The van der Waals surface area contributed by atoms with Crippen molar-refractivity contribution in [2.24, 2.45) is 7.05 Å². The summed E-state index contributed by atoms with van der Waals surface area (Å²) in [4.78, 5) is 28.6. The van der Waals surface area contributed by atoms with E-state index in [2.05, 4.69) is 5.32 Å². The number of hydrogen-bond donors (Lipinski definition) is 1. The zero-order chi connectivity index (χ0) is 19.3. The van der Waals surface area contributed by atoms with Crippen LogP contribution in [0.5, 0.6) is 0 Å². The van der Waals surface area contributed by atoms with E-state index in [-0.39, 0.29) is 17.9 Å². The number of aromatic nitrogens is 1. The third-order valence-electron chi connectivity index (χ3n) is 6.13. The van der Waals surface area contributed by atoms with Crippen LogP contribution in [0.3, 0.4) is 0 Å². The van der Waals surface area contributed by atoms with Gasteiger partial charge in [-0.3, -0.25) is 9.59 Å². The first-order valence-electron chi connectivity index (χ1n) is 9.51. The summed E-state index contributed by atoms with van der Waals surface area (Å²) in [5.41, 5.74) is 2.68. The molecule has 1 N–H and O–H groups in total. The van der Waals surface area contributed by atoms with Crippen LogP contribution >= 0.6 is 0 Å². The SMILES string of the molecule is Cn1cccc1C(=O)N1CCC2(C(=O)Nc3ccccc32)C1c1ccccc1. The van der Waals surface area contributed by atoms with E-state index >= 15 is 0 Å². The number of carbonyl (C=O) groups excluding carboxylic acids is 2. The van der Waals surface area contributed by atoms with Gasteiger partial charge in [0.05, 0.1) is 6.04 Å². The molecular weight excluding hydrogens is 350 g/mol. The van der Waals surface area contributed by atoms with E-state index in [1.165, 1.54) is 0 Å². The van der Waals surface area contributed by atoms with Gasteiger partial charge in [0.15, 0.2) is 0 Å². The Morgan fingerprint density at radius 1 is 1.04 bits per heavy atom. The van der Waals surface area contributed by atoms with Crippen molar-refractivity contribution in [2.75, 3.05) is 11.9 Å². The predicted molar refractivity (Wildman–Crippen MR) is 107 cm³/mol. The fourth-order valence-electron chi connectivity index (χ4n) is 4.83. The molecule has 140 valence electrons. The summed E-state index contributed by atoms with van der Waals surface area (Å²) in [6, 6.07) is 21.1. The van der Waals surface area contributed by atoms with Gasteiger partial charge in [0.1, 0.15) is 11.1 Å². The molecule has 3 heterocycles. The highest BCUT2D eigenvalue weighted by molar-refractivity contribution is 6.08. The first-order valence-corrected chi connectivity index (χ1v) is 9.51. The zero-order valence-electron chi connectivity index (χ0n) is 15.6. The summed E-state index contributed by atoms with van der Waals surface area (Å²) in [5, 5.41) is 3.05. The molecule has 2 amide bonds. The Balaban J connectivity index is 1.69. The van der Waals surface area contributed by atoms with Crippen LogP contribution in [0, 0.1) is 0 Å². The summed E-state index contributed by atoms with van der Waals surface area (Å²) < 4.78 is 1.83. The van der Waals surface area contributed by atoms with Gasteiger partial charge in [-0.1, -0.05) is 48.5 Å². The first kappa shape index (κ1) is 16.8. The molecular formula is C23H21N3O2. The van der Waals surface area contributed by atoms with Gasteiger partial charge >= 0.3 is 0 Å². The van der Waals surface area contributed by atoms with Crippen molar-refractivity contribution in [3.63, 3.8) is 0 Å². The number of benzene rings is 2. The lowest BCUT2D eigenvalue weighted by atomic mass is 9.72. The molecule has 0 saturated carbocycles. The number of rotatable bonds is 2. The van der Waals surface area contributed by atoms with Gasteiger partial charge in [-0.2, -0.15) is 0 Å². The number of para-hydroxylation sites is 1. The Morgan fingerprint density at radius 2 is 1.79 bits per heavy atom. The van der Waals surface area contributed by atoms with E-state index in [1.54, 1.807) is 0 Å². The second kappa shape index (κ2) is 6.09. The predicted octanol–water partition coefficient (Wildman–Crippen LogP) is 3.50. The molecule has 28 heavy (non-hydrogen) atoms. The molecule has 2 unspecified atom stereocenters. The van der Waals surface area contributed by atoms with Crippen molar-refractivity contribution in [2.45, 2.75) is 17.9 Å². The highest BCUT2D eigenvalue weighted by atomic mass is 16.2. The summed E-state index contributed by atoms with van der Waals surface area (Å²) in [6.45, 7) is 0.533. The van der Waals surface area contributed by atoms with Crippen molar-refractivity contribution >= 4 is 17.5 Å². The summed E-state index contributed by atoms with van der Waals surface area (Å²) in [5.74, 6) is -0.0693. The van der Waals surface area contributed by atoms with Crippen LogP contribution in [-0.4, -0.2) is 27.8 Å². The molecule has 1 saturated heterocycles. The van der Waals surface area contributed by atoms with Crippen molar-refractivity contribution in [3.8, 4) is 0 Å². The average Bonchev–Trinajstić information content (AvgIpc) is 3.40. The van der Waals surface area contributed by atoms with Crippen LogP contribution in [-0.2, 0) is 17.3 Å². The van der Waals surface area contributed by atoms with Crippen molar-refractivity contribution < 1.29 is 9.59 Å². The number of anilines is 1. The maximum atomic E-state index is 13.4. The summed E-state index contributed by atoms with van der Waals surface area (Å²) >= 11 is 0. The third-order valence-corrected chi connectivity index (χ3v) is 6.13. The van der Waals surface area contributed by atoms with Gasteiger partial charge in [-0.05, 0) is 35.7 Å². The normalized spacial score (nSPS) is 23.1. The Hall–Kier alpha value is -3.34. The van der Waals surface area contributed by atoms with E-state index in [4.69, 9.17) is 0 Å². The number of nitrogens with zero attached hydrogens (tertiary/aromatic N) is 2. The molecule has 0 aliphatic carbocycles. The van der Waals surface area contributed by atoms with Gasteiger partial charge in [0.25, 0.3) is 5.91 Å². The topological polar surface area (TPSA) is 54.3 Å². The van der Waals surface area contributed by atoms with E-state index in [1.807, 2.05) is 89.4 Å². The lowest BCUT2D eigenvalue weighted by Crippen LogP contribution is -2.43. The fourth-order valence-corrected chi connectivity index (χ4v) is 4.83. The number of hydrogen-bond acceptors (Lipinski definition) is 2. The van der Waals surface area contributed by atoms with Crippen molar-refractivity contribution in [1.82, 2.24) is 9.47 Å². The van der Waals surface area contributed by atoms with Crippen LogP contribution in [0.2, 0.25) is 0 Å². The van der Waals surface area contributed by atoms with E-state index < -0.39 is 5.41 Å². The largest absolute Gasteiger partial charge is 0.347 e. The Labute approximate surface area is 163 Å². The molecule has 5 heteroatoms.